The molecule has 2 aromatic carbocycles. The molecule has 0 aliphatic rings. The molecule has 5 nitrogen and oxygen atoms in total. The summed E-state index contributed by atoms with van der Waals surface area (Å²) in [4.78, 5) is 26.0. The number of carbonyl (C=O) groups excluding carboxylic acids is 2. The van der Waals surface area contributed by atoms with Gasteiger partial charge in [-0.1, -0.05) is 30.3 Å². The molecular weight excluding hydrogens is 358 g/mol. The molecule has 1 amide bonds. The van der Waals surface area contributed by atoms with E-state index in [0.717, 1.165) is 21.6 Å². The Labute approximate surface area is 160 Å². The maximum Gasteiger partial charge on any atom is 0.265 e. The fourth-order valence-electron chi connectivity index (χ4n) is 2.99. The second-order valence-electron chi connectivity index (χ2n) is 6.22. The number of benzene rings is 2. The minimum atomic E-state index is -0.232. The predicted octanol–water partition coefficient (Wildman–Crippen LogP) is 4.85. The lowest BCUT2D eigenvalue weighted by atomic mass is 10.1. The van der Waals surface area contributed by atoms with Crippen molar-refractivity contribution in [3.63, 3.8) is 0 Å². The zero-order valence-electron chi connectivity index (χ0n) is 14.9. The molecule has 4 rings (SSSR count). The summed E-state index contributed by atoms with van der Waals surface area (Å²) in [7, 11) is 0. The standard InChI is InChI=1S/C21H17N3O2S/c1-13-17-12-19(20(26)22-18-11-7-6-10-16(18)14(2)25)27-21(17)24(23-13)15-8-4-3-5-9-15/h3-12H,1-2H3,(H,22,26). The van der Waals surface area contributed by atoms with E-state index < -0.39 is 0 Å². The molecule has 0 bridgehead atoms. The zero-order chi connectivity index (χ0) is 19.0. The fourth-order valence-corrected chi connectivity index (χ4v) is 4.06. The predicted molar refractivity (Wildman–Crippen MR) is 108 cm³/mol. The summed E-state index contributed by atoms with van der Waals surface area (Å²) in [6.45, 7) is 3.42. The Bertz CT molecular complexity index is 1160. The number of rotatable bonds is 4. The highest BCUT2D eigenvalue weighted by atomic mass is 32.1. The van der Waals surface area contributed by atoms with Crippen molar-refractivity contribution in [3.8, 4) is 5.69 Å². The van der Waals surface area contributed by atoms with E-state index in [-0.39, 0.29) is 11.7 Å². The van der Waals surface area contributed by atoms with Gasteiger partial charge >= 0.3 is 0 Å². The van der Waals surface area contributed by atoms with E-state index >= 15 is 0 Å². The van der Waals surface area contributed by atoms with Crippen LogP contribution in [0.25, 0.3) is 15.9 Å². The number of nitrogens with zero attached hydrogens (tertiary/aromatic N) is 2. The molecule has 134 valence electrons. The van der Waals surface area contributed by atoms with Crippen LogP contribution in [0.15, 0.2) is 60.7 Å². The first-order valence-corrected chi connectivity index (χ1v) is 9.32. The van der Waals surface area contributed by atoms with Crippen LogP contribution in [-0.2, 0) is 0 Å². The summed E-state index contributed by atoms with van der Waals surface area (Å²) in [6.07, 6.45) is 0. The minimum Gasteiger partial charge on any atom is -0.321 e. The number of hydrogen-bond acceptors (Lipinski definition) is 4. The normalized spacial score (nSPS) is 10.9. The van der Waals surface area contributed by atoms with Crippen molar-refractivity contribution in [3.05, 3.63) is 76.8 Å². The van der Waals surface area contributed by atoms with Crippen molar-refractivity contribution < 1.29 is 9.59 Å². The van der Waals surface area contributed by atoms with E-state index in [4.69, 9.17) is 0 Å². The summed E-state index contributed by atoms with van der Waals surface area (Å²) in [5.74, 6) is -0.318. The van der Waals surface area contributed by atoms with Gasteiger partial charge in [0, 0.05) is 10.9 Å². The van der Waals surface area contributed by atoms with E-state index in [1.54, 1.807) is 24.3 Å². The highest BCUT2D eigenvalue weighted by Gasteiger charge is 2.18. The average molecular weight is 375 g/mol. The number of thiophene rings is 1. The molecule has 0 aliphatic carbocycles. The maximum atomic E-state index is 12.8. The Morgan fingerprint density at radius 1 is 1.04 bits per heavy atom. The average Bonchev–Trinajstić information content (AvgIpc) is 3.23. The van der Waals surface area contributed by atoms with Crippen LogP contribution in [-0.4, -0.2) is 21.5 Å². The van der Waals surface area contributed by atoms with Crippen LogP contribution < -0.4 is 5.32 Å². The summed E-state index contributed by atoms with van der Waals surface area (Å²) >= 11 is 1.38. The van der Waals surface area contributed by atoms with E-state index in [1.165, 1.54) is 18.3 Å². The number of ketones is 1. The number of aromatic nitrogens is 2. The van der Waals surface area contributed by atoms with Crippen molar-refractivity contribution in [1.29, 1.82) is 0 Å². The molecule has 6 heteroatoms. The van der Waals surface area contributed by atoms with Gasteiger partial charge in [0.25, 0.3) is 5.91 Å². The second kappa shape index (κ2) is 6.81. The minimum absolute atomic E-state index is 0.0854. The van der Waals surface area contributed by atoms with Crippen molar-refractivity contribution in [1.82, 2.24) is 9.78 Å². The number of aryl methyl sites for hydroxylation is 1. The van der Waals surface area contributed by atoms with Crippen molar-refractivity contribution in [2.24, 2.45) is 0 Å². The second-order valence-corrected chi connectivity index (χ2v) is 7.25. The van der Waals surface area contributed by atoms with Gasteiger partial charge in [-0.25, -0.2) is 4.68 Å². The van der Waals surface area contributed by atoms with E-state index in [2.05, 4.69) is 10.4 Å². The molecule has 27 heavy (non-hydrogen) atoms. The number of Topliss-reactive ketones (excluding diaryl/α,β-unsaturated/α-hetero) is 1. The van der Waals surface area contributed by atoms with Crippen LogP contribution in [0.4, 0.5) is 5.69 Å². The summed E-state index contributed by atoms with van der Waals surface area (Å²) in [5.41, 5.74) is 2.84. The molecule has 4 aromatic rings. The lowest BCUT2D eigenvalue weighted by molar-refractivity contribution is 0.101. The zero-order valence-corrected chi connectivity index (χ0v) is 15.7. The monoisotopic (exact) mass is 375 g/mol. The van der Waals surface area contributed by atoms with E-state index in [1.807, 2.05) is 48.0 Å². The number of carbonyl (C=O) groups is 2. The molecule has 0 saturated carbocycles. The van der Waals surface area contributed by atoms with Crippen LogP contribution >= 0.6 is 11.3 Å². The lowest BCUT2D eigenvalue weighted by Crippen LogP contribution is -2.12. The van der Waals surface area contributed by atoms with Crippen molar-refractivity contribution >= 4 is 38.9 Å². The molecule has 0 unspecified atom stereocenters. The molecule has 0 saturated heterocycles. The largest absolute Gasteiger partial charge is 0.321 e. The number of hydrogen-bond donors (Lipinski definition) is 1. The van der Waals surface area contributed by atoms with Crippen LogP contribution in [0, 0.1) is 6.92 Å². The van der Waals surface area contributed by atoms with Gasteiger partial charge in [0.1, 0.15) is 4.83 Å². The van der Waals surface area contributed by atoms with Gasteiger partial charge in [0.05, 0.1) is 21.9 Å². The third kappa shape index (κ3) is 3.15. The van der Waals surface area contributed by atoms with Gasteiger partial charge in [0.2, 0.25) is 0 Å². The molecule has 2 aromatic heterocycles. The summed E-state index contributed by atoms with van der Waals surface area (Å²) in [6, 6.07) is 18.7. The molecule has 1 N–H and O–H groups in total. The third-order valence-corrected chi connectivity index (χ3v) is 5.43. The van der Waals surface area contributed by atoms with Gasteiger partial charge in [-0.2, -0.15) is 5.10 Å². The van der Waals surface area contributed by atoms with Crippen molar-refractivity contribution in [2.75, 3.05) is 5.32 Å². The Morgan fingerprint density at radius 2 is 1.74 bits per heavy atom. The quantitative estimate of drug-likeness (QED) is 0.519. The highest BCUT2D eigenvalue weighted by Crippen LogP contribution is 2.31. The fraction of sp³-hybridized carbons (Fsp3) is 0.0952. The SMILES string of the molecule is CC(=O)c1ccccc1NC(=O)c1cc2c(C)nn(-c3ccccc3)c2s1. The number of para-hydroxylation sites is 2. The number of nitrogens with one attached hydrogen (secondary N) is 1. The van der Waals surface area contributed by atoms with Gasteiger partial charge in [-0.05, 0) is 44.2 Å². The van der Waals surface area contributed by atoms with Gasteiger partial charge in [-0.3, -0.25) is 9.59 Å². The molecule has 0 aliphatic heterocycles. The molecule has 0 spiro atoms. The Morgan fingerprint density at radius 3 is 2.48 bits per heavy atom. The van der Waals surface area contributed by atoms with Gasteiger partial charge < -0.3 is 5.32 Å². The Hall–Kier alpha value is -3.25. The smallest absolute Gasteiger partial charge is 0.265 e. The van der Waals surface area contributed by atoms with Gasteiger partial charge in [0.15, 0.2) is 5.78 Å². The number of anilines is 1. The van der Waals surface area contributed by atoms with Crippen LogP contribution in [0.1, 0.15) is 32.6 Å². The summed E-state index contributed by atoms with van der Waals surface area (Å²) < 4.78 is 1.86. The molecule has 0 radical (unpaired) electrons. The third-order valence-electron chi connectivity index (χ3n) is 4.32. The van der Waals surface area contributed by atoms with Gasteiger partial charge in [-0.15, -0.1) is 11.3 Å². The highest BCUT2D eigenvalue weighted by molar-refractivity contribution is 7.20. The van der Waals surface area contributed by atoms with Crippen LogP contribution in [0.3, 0.4) is 0 Å². The molecule has 0 fully saturated rings. The Kier molecular flexibility index (Phi) is 4.33. The van der Waals surface area contributed by atoms with Crippen molar-refractivity contribution in [2.45, 2.75) is 13.8 Å². The number of fused-ring (bicyclic) bond motifs is 1. The summed E-state index contributed by atoms with van der Waals surface area (Å²) in [5, 5.41) is 8.40. The first kappa shape index (κ1) is 17.2. The molecule has 0 atom stereocenters. The van der Waals surface area contributed by atoms with E-state index in [0.29, 0.717) is 16.1 Å². The molecule has 2 heterocycles. The number of amides is 1. The van der Waals surface area contributed by atoms with Crippen LogP contribution in [0.5, 0.6) is 0 Å². The lowest BCUT2D eigenvalue weighted by Gasteiger charge is -2.07. The van der Waals surface area contributed by atoms with E-state index in [9.17, 15) is 9.59 Å². The first-order chi connectivity index (χ1) is 13.0. The first-order valence-electron chi connectivity index (χ1n) is 8.50. The maximum absolute atomic E-state index is 12.8. The Balaban J connectivity index is 1.71. The van der Waals surface area contributed by atoms with Crippen LogP contribution in [0.2, 0.25) is 0 Å². The molecular formula is C21H17N3O2S. The topological polar surface area (TPSA) is 64.0 Å².